The van der Waals surface area contributed by atoms with E-state index in [1.54, 1.807) is 0 Å². The molecular formula is C16H32O2S. The monoisotopic (exact) mass is 288 g/mol. The molecule has 2 nitrogen and oxygen atoms in total. The number of carbonyl (C=O) groups excluding carboxylic acids is 1. The molecule has 0 amide bonds. The average molecular weight is 288 g/mol. The molecule has 0 fully saturated rings. The van der Waals surface area contributed by atoms with E-state index >= 15 is 0 Å². The first-order chi connectivity index (χ1) is 9.20. The van der Waals surface area contributed by atoms with Crippen molar-refractivity contribution in [3.05, 3.63) is 0 Å². The van der Waals surface area contributed by atoms with Gasteiger partial charge in [0.25, 0.3) is 0 Å². The zero-order chi connectivity index (χ0) is 14.3. The summed E-state index contributed by atoms with van der Waals surface area (Å²) in [6, 6.07) is 0. The summed E-state index contributed by atoms with van der Waals surface area (Å²) in [7, 11) is 0. The van der Waals surface area contributed by atoms with Gasteiger partial charge in [0.1, 0.15) is 0 Å². The van der Waals surface area contributed by atoms with Crippen LogP contribution in [0.15, 0.2) is 0 Å². The van der Waals surface area contributed by atoms with Crippen LogP contribution in [0.2, 0.25) is 0 Å². The summed E-state index contributed by atoms with van der Waals surface area (Å²) in [5, 5.41) is 9.61. The Hall–Kier alpha value is -0.0200. The molecule has 0 aromatic carbocycles. The van der Waals surface area contributed by atoms with E-state index in [0.717, 1.165) is 12.8 Å². The maximum Gasteiger partial charge on any atom is 0.189 e. The number of aliphatic hydroxyl groups is 1. The Balaban J connectivity index is 3.18. The van der Waals surface area contributed by atoms with E-state index in [2.05, 4.69) is 6.92 Å². The third kappa shape index (κ3) is 14.2. The predicted molar refractivity (Wildman–Crippen MR) is 85.6 cm³/mol. The van der Waals surface area contributed by atoms with Gasteiger partial charge in [-0.15, -0.1) is 0 Å². The Labute approximate surface area is 123 Å². The van der Waals surface area contributed by atoms with Crippen molar-refractivity contribution in [2.75, 3.05) is 5.75 Å². The van der Waals surface area contributed by atoms with Gasteiger partial charge in [0, 0.05) is 12.2 Å². The van der Waals surface area contributed by atoms with Gasteiger partial charge in [-0.25, -0.2) is 0 Å². The van der Waals surface area contributed by atoms with Crippen molar-refractivity contribution in [3.63, 3.8) is 0 Å². The molecule has 114 valence electrons. The second-order valence-electron chi connectivity index (χ2n) is 5.32. The molecule has 0 rings (SSSR count). The van der Waals surface area contributed by atoms with Crippen LogP contribution >= 0.6 is 11.8 Å². The van der Waals surface area contributed by atoms with Gasteiger partial charge in [-0.05, 0) is 12.8 Å². The summed E-state index contributed by atoms with van der Waals surface area (Å²) in [5.41, 5.74) is 0. The van der Waals surface area contributed by atoms with Crippen LogP contribution in [0.25, 0.3) is 0 Å². The normalized spacial score (nSPS) is 12.6. The standard InChI is InChI=1S/C16H32O2S/c1-3-5-6-7-8-9-10-11-12-13-16(18)19-14-15(17)4-2/h15,17H,3-14H2,1-2H3. The lowest BCUT2D eigenvalue weighted by Gasteiger charge is -2.06. The fraction of sp³-hybridized carbons (Fsp3) is 0.938. The number of carbonyl (C=O) groups is 1. The number of hydrogen-bond acceptors (Lipinski definition) is 3. The molecule has 0 saturated heterocycles. The molecule has 0 aliphatic rings. The Morgan fingerprint density at radius 3 is 2.00 bits per heavy atom. The van der Waals surface area contributed by atoms with Crippen molar-refractivity contribution in [1.29, 1.82) is 0 Å². The lowest BCUT2D eigenvalue weighted by molar-refractivity contribution is -0.111. The molecule has 0 aliphatic heterocycles. The van der Waals surface area contributed by atoms with E-state index in [1.807, 2.05) is 6.92 Å². The first-order valence-corrected chi connectivity index (χ1v) is 9.02. The molecule has 0 aliphatic carbocycles. The SMILES string of the molecule is CCCCCCCCCCCC(=O)SCC(O)CC. The van der Waals surface area contributed by atoms with Gasteiger partial charge in [-0.1, -0.05) is 77.0 Å². The Morgan fingerprint density at radius 2 is 1.47 bits per heavy atom. The van der Waals surface area contributed by atoms with Gasteiger partial charge in [0.05, 0.1) is 6.10 Å². The van der Waals surface area contributed by atoms with Crippen LogP contribution in [-0.2, 0) is 4.79 Å². The predicted octanol–water partition coefficient (Wildman–Crippen LogP) is 4.94. The van der Waals surface area contributed by atoms with Gasteiger partial charge in [-0.3, -0.25) is 4.79 Å². The van der Waals surface area contributed by atoms with Crippen LogP contribution in [0.3, 0.4) is 0 Å². The highest BCUT2D eigenvalue weighted by Gasteiger charge is 2.06. The number of unbranched alkanes of at least 4 members (excludes halogenated alkanes) is 8. The van der Waals surface area contributed by atoms with Crippen molar-refractivity contribution in [1.82, 2.24) is 0 Å². The lowest BCUT2D eigenvalue weighted by atomic mass is 10.1. The van der Waals surface area contributed by atoms with Crippen molar-refractivity contribution >= 4 is 16.9 Å². The first-order valence-electron chi connectivity index (χ1n) is 8.04. The van der Waals surface area contributed by atoms with E-state index in [-0.39, 0.29) is 11.2 Å². The summed E-state index contributed by atoms with van der Waals surface area (Å²) in [6.45, 7) is 4.19. The highest BCUT2D eigenvalue weighted by molar-refractivity contribution is 8.13. The summed E-state index contributed by atoms with van der Waals surface area (Å²) < 4.78 is 0. The minimum absolute atomic E-state index is 0.246. The fourth-order valence-corrected chi connectivity index (χ4v) is 2.86. The maximum atomic E-state index is 11.5. The molecule has 0 aromatic heterocycles. The second-order valence-corrected chi connectivity index (χ2v) is 6.40. The smallest absolute Gasteiger partial charge is 0.189 e. The van der Waals surface area contributed by atoms with Crippen LogP contribution in [0, 0.1) is 0 Å². The van der Waals surface area contributed by atoms with Crippen LogP contribution in [0.4, 0.5) is 0 Å². The van der Waals surface area contributed by atoms with Gasteiger partial charge < -0.3 is 5.11 Å². The zero-order valence-corrected chi connectivity index (χ0v) is 13.6. The molecule has 0 bridgehead atoms. The van der Waals surface area contributed by atoms with Crippen LogP contribution in [0.5, 0.6) is 0 Å². The van der Waals surface area contributed by atoms with E-state index in [1.165, 1.54) is 63.1 Å². The van der Waals surface area contributed by atoms with E-state index < -0.39 is 0 Å². The number of thioether (sulfide) groups is 1. The summed E-state index contributed by atoms with van der Waals surface area (Å²) in [6.07, 6.45) is 12.7. The highest BCUT2D eigenvalue weighted by Crippen LogP contribution is 2.14. The van der Waals surface area contributed by atoms with Gasteiger partial charge >= 0.3 is 0 Å². The molecule has 1 N–H and O–H groups in total. The fourth-order valence-electron chi connectivity index (χ4n) is 1.96. The van der Waals surface area contributed by atoms with Crippen LogP contribution in [-0.4, -0.2) is 22.1 Å². The number of rotatable bonds is 13. The van der Waals surface area contributed by atoms with Gasteiger partial charge in [0.15, 0.2) is 5.12 Å². The highest BCUT2D eigenvalue weighted by atomic mass is 32.2. The molecule has 0 radical (unpaired) electrons. The van der Waals surface area contributed by atoms with Crippen molar-refractivity contribution in [3.8, 4) is 0 Å². The minimum Gasteiger partial charge on any atom is -0.392 e. The average Bonchev–Trinajstić information content (AvgIpc) is 2.42. The number of aliphatic hydroxyl groups excluding tert-OH is 1. The molecule has 0 saturated carbocycles. The topological polar surface area (TPSA) is 37.3 Å². The zero-order valence-electron chi connectivity index (χ0n) is 12.8. The van der Waals surface area contributed by atoms with Crippen LogP contribution < -0.4 is 0 Å². The summed E-state index contributed by atoms with van der Waals surface area (Å²) in [4.78, 5) is 11.5. The molecule has 0 aromatic rings. The Kier molecular flexibility index (Phi) is 14.4. The van der Waals surface area contributed by atoms with E-state index in [0.29, 0.717) is 12.2 Å². The second kappa shape index (κ2) is 14.4. The van der Waals surface area contributed by atoms with Crippen LogP contribution in [0.1, 0.15) is 84.5 Å². The largest absolute Gasteiger partial charge is 0.392 e. The third-order valence-corrected chi connectivity index (χ3v) is 4.47. The minimum atomic E-state index is -0.322. The van der Waals surface area contributed by atoms with Crippen molar-refractivity contribution < 1.29 is 9.90 Å². The van der Waals surface area contributed by atoms with Gasteiger partial charge in [0.2, 0.25) is 0 Å². The maximum absolute atomic E-state index is 11.5. The van der Waals surface area contributed by atoms with E-state index in [4.69, 9.17) is 0 Å². The molecule has 1 atom stereocenters. The third-order valence-electron chi connectivity index (χ3n) is 3.39. The Bertz CT molecular complexity index is 207. The van der Waals surface area contributed by atoms with Crippen molar-refractivity contribution in [2.45, 2.75) is 90.6 Å². The summed E-state index contributed by atoms with van der Waals surface area (Å²) >= 11 is 1.30. The number of hydrogen-bond donors (Lipinski definition) is 1. The van der Waals surface area contributed by atoms with Crippen molar-refractivity contribution in [2.24, 2.45) is 0 Å². The molecule has 1 unspecified atom stereocenters. The first kappa shape index (κ1) is 19.0. The summed E-state index contributed by atoms with van der Waals surface area (Å²) in [5.74, 6) is 0.562. The molecule has 0 spiro atoms. The molecule has 0 heterocycles. The van der Waals surface area contributed by atoms with E-state index in [9.17, 15) is 9.90 Å². The van der Waals surface area contributed by atoms with Gasteiger partial charge in [-0.2, -0.15) is 0 Å². The Morgan fingerprint density at radius 1 is 0.947 bits per heavy atom. The molecular weight excluding hydrogens is 256 g/mol. The quantitative estimate of drug-likeness (QED) is 0.488. The molecule has 3 heteroatoms. The lowest BCUT2D eigenvalue weighted by Crippen LogP contribution is -2.09. The molecule has 19 heavy (non-hydrogen) atoms.